The van der Waals surface area contributed by atoms with E-state index in [2.05, 4.69) is 0 Å². The molecule has 0 bridgehead atoms. The Morgan fingerprint density at radius 2 is 2.11 bits per heavy atom. The Kier molecular flexibility index (Phi) is 4.92. The highest BCUT2D eigenvalue weighted by atomic mass is 35.5. The van der Waals surface area contributed by atoms with Crippen LogP contribution in [0.3, 0.4) is 0 Å². The molecular formula is C10H12ClNO5S. The molecular weight excluding hydrogens is 282 g/mol. The molecule has 0 N–H and O–H groups in total. The molecule has 0 aliphatic carbocycles. The monoisotopic (exact) mass is 293 g/mol. The lowest BCUT2D eigenvalue weighted by atomic mass is 10.3. The van der Waals surface area contributed by atoms with Crippen molar-refractivity contribution in [1.82, 2.24) is 0 Å². The first-order chi connectivity index (χ1) is 8.35. The topological polar surface area (TPSA) is 86.5 Å². The van der Waals surface area contributed by atoms with Crippen molar-refractivity contribution in [2.45, 2.75) is 6.92 Å². The van der Waals surface area contributed by atoms with Gasteiger partial charge in [-0.05, 0) is 6.07 Å². The first-order valence-corrected chi connectivity index (χ1v) is 7.33. The Hall–Kier alpha value is -1.34. The van der Waals surface area contributed by atoms with E-state index in [9.17, 15) is 18.5 Å². The van der Waals surface area contributed by atoms with E-state index in [1.165, 1.54) is 18.2 Å². The van der Waals surface area contributed by atoms with Gasteiger partial charge >= 0.3 is 0 Å². The highest BCUT2D eigenvalue weighted by Gasteiger charge is 2.13. The number of hydrogen-bond acceptors (Lipinski definition) is 5. The number of ether oxygens (including phenoxy) is 1. The normalized spacial score (nSPS) is 11.2. The molecule has 0 heterocycles. The van der Waals surface area contributed by atoms with Crippen molar-refractivity contribution in [3.63, 3.8) is 0 Å². The number of nitrogens with zero attached hydrogens (tertiary/aromatic N) is 1. The van der Waals surface area contributed by atoms with E-state index in [-0.39, 0.29) is 28.8 Å². The quantitative estimate of drug-likeness (QED) is 0.592. The van der Waals surface area contributed by atoms with E-state index in [1.54, 1.807) is 6.92 Å². The molecule has 0 spiro atoms. The Morgan fingerprint density at radius 3 is 2.61 bits per heavy atom. The van der Waals surface area contributed by atoms with E-state index in [1.807, 2.05) is 0 Å². The van der Waals surface area contributed by atoms with Gasteiger partial charge in [0, 0.05) is 17.9 Å². The lowest BCUT2D eigenvalue weighted by Gasteiger charge is -2.06. The van der Waals surface area contributed by atoms with Gasteiger partial charge in [0.25, 0.3) is 5.69 Å². The Labute approximate surface area is 110 Å². The van der Waals surface area contributed by atoms with Gasteiger partial charge in [-0.2, -0.15) is 0 Å². The molecule has 0 saturated heterocycles. The summed E-state index contributed by atoms with van der Waals surface area (Å²) in [6.07, 6.45) is 0. The maximum absolute atomic E-state index is 11.2. The lowest BCUT2D eigenvalue weighted by molar-refractivity contribution is -0.384. The first kappa shape index (κ1) is 14.7. The van der Waals surface area contributed by atoms with Crippen molar-refractivity contribution in [2.24, 2.45) is 0 Å². The van der Waals surface area contributed by atoms with Crippen LogP contribution in [-0.2, 0) is 9.84 Å². The summed E-state index contributed by atoms with van der Waals surface area (Å²) in [5.74, 6) is 0.257. The second kappa shape index (κ2) is 6.01. The van der Waals surface area contributed by atoms with Gasteiger partial charge in [-0.25, -0.2) is 8.42 Å². The number of sulfone groups is 1. The number of nitro benzene ring substituents is 1. The number of rotatable bonds is 6. The minimum absolute atomic E-state index is 0.00961. The summed E-state index contributed by atoms with van der Waals surface area (Å²) < 4.78 is 27.6. The SMILES string of the molecule is CCS(=O)(=O)CCOc1ccc([N+](=O)[O-])c(Cl)c1. The van der Waals surface area contributed by atoms with Crippen LogP contribution in [0.15, 0.2) is 18.2 Å². The van der Waals surface area contributed by atoms with Crippen molar-refractivity contribution >= 4 is 27.1 Å². The first-order valence-electron chi connectivity index (χ1n) is 5.13. The molecule has 0 amide bonds. The summed E-state index contributed by atoms with van der Waals surface area (Å²) in [5, 5.41) is 10.5. The van der Waals surface area contributed by atoms with Gasteiger partial charge in [-0.3, -0.25) is 10.1 Å². The molecule has 0 unspecified atom stereocenters. The Balaban J connectivity index is 2.65. The van der Waals surface area contributed by atoms with Crippen LogP contribution in [0, 0.1) is 10.1 Å². The van der Waals surface area contributed by atoms with Crippen LogP contribution >= 0.6 is 11.6 Å². The predicted octanol–water partition coefficient (Wildman–Crippen LogP) is 2.06. The van der Waals surface area contributed by atoms with Crippen molar-refractivity contribution in [3.05, 3.63) is 33.3 Å². The molecule has 0 saturated carbocycles. The highest BCUT2D eigenvalue weighted by molar-refractivity contribution is 7.91. The molecule has 1 aromatic rings. The van der Waals surface area contributed by atoms with Crippen molar-refractivity contribution in [2.75, 3.05) is 18.1 Å². The van der Waals surface area contributed by atoms with Gasteiger partial charge < -0.3 is 4.74 Å². The predicted molar refractivity (Wildman–Crippen MR) is 67.9 cm³/mol. The molecule has 0 atom stereocenters. The van der Waals surface area contributed by atoms with E-state index in [0.717, 1.165) is 0 Å². The molecule has 18 heavy (non-hydrogen) atoms. The molecule has 0 aliphatic rings. The largest absolute Gasteiger partial charge is 0.492 e. The van der Waals surface area contributed by atoms with Gasteiger partial charge in [0.2, 0.25) is 0 Å². The van der Waals surface area contributed by atoms with Gasteiger partial charge in [0.05, 0.1) is 10.7 Å². The summed E-state index contributed by atoms with van der Waals surface area (Å²) in [4.78, 5) is 9.91. The minimum Gasteiger partial charge on any atom is -0.492 e. The number of halogens is 1. The van der Waals surface area contributed by atoms with Crippen LogP contribution in [0.2, 0.25) is 5.02 Å². The molecule has 6 nitrogen and oxygen atoms in total. The van der Waals surface area contributed by atoms with Crippen LogP contribution in [0.25, 0.3) is 0 Å². The van der Waals surface area contributed by atoms with Crippen molar-refractivity contribution in [1.29, 1.82) is 0 Å². The van der Waals surface area contributed by atoms with Crippen molar-refractivity contribution in [3.8, 4) is 5.75 Å². The Bertz CT molecular complexity index is 543. The van der Waals surface area contributed by atoms with Crippen molar-refractivity contribution < 1.29 is 18.1 Å². The van der Waals surface area contributed by atoms with Crippen LogP contribution < -0.4 is 4.74 Å². The van der Waals surface area contributed by atoms with Crippen LogP contribution in [0.5, 0.6) is 5.75 Å². The zero-order valence-electron chi connectivity index (χ0n) is 9.63. The number of nitro groups is 1. The molecule has 0 aromatic heterocycles. The maximum atomic E-state index is 11.2. The second-order valence-electron chi connectivity index (χ2n) is 3.46. The van der Waals surface area contributed by atoms with Crippen LogP contribution in [0.1, 0.15) is 6.92 Å². The summed E-state index contributed by atoms with van der Waals surface area (Å²) in [7, 11) is -3.09. The summed E-state index contributed by atoms with van der Waals surface area (Å²) in [6, 6.07) is 3.88. The number of hydrogen-bond donors (Lipinski definition) is 0. The smallest absolute Gasteiger partial charge is 0.288 e. The number of benzene rings is 1. The third-order valence-corrected chi connectivity index (χ3v) is 4.19. The second-order valence-corrected chi connectivity index (χ2v) is 6.34. The molecule has 0 fully saturated rings. The average molecular weight is 294 g/mol. The molecule has 1 rings (SSSR count). The molecule has 0 aliphatic heterocycles. The summed E-state index contributed by atoms with van der Waals surface area (Å²) in [6.45, 7) is 1.54. The van der Waals surface area contributed by atoms with Crippen LogP contribution in [-0.4, -0.2) is 31.5 Å². The maximum Gasteiger partial charge on any atom is 0.288 e. The van der Waals surface area contributed by atoms with Gasteiger partial charge in [-0.15, -0.1) is 0 Å². The standard InChI is InChI=1S/C10H12ClNO5S/c1-2-18(15,16)6-5-17-8-3-4-10(12(13)14)9(11)7-8/h3-4,7H,2,5-6H2,1H3. The fourth-order valence-corrected chi connectivity index (χ4v) is 2.02. The van der Waals surface area contributed by atoms with E-state index in [0.29, 0.717) is 5.75 Å². The van der Waals surface area contributed by atoms with E-state index in [4.69, 9.17) is 16.3 Å². The lowest BCUT2D eigenvalue weighted by Crippen LogP contribution is -2.15. The Morgan fingerprint density at radius 1 is 1.44 bits per heavy atom. The van der Waals surface area contributed by atoms with Gasteiger partial charge in [0.15, 0.2) is 9.84 Å². The third-order valence-electron chi connectivity index (χ3n) is 2.22. The molecule has 1 aromatic carbocycles. The van der Waals surface area contributed by atoms with Crippen LogP contribution in [0.4, 0.5) is 5.69 Å². The van der Waals surface area contributed by atoms with Gasteiger partial charge in [-0.1, -0.05) is 18.5 Å². The van der Waals surface area contributed by atoms with E-state index < -0.39 is 14.8 Å². The highest BCUT2D eigenvalue weighted by Crippen LogP contribution is 2.28. The molecule has 0 radical (unpaired) electrons. The zero-order valence-corrected chi connectivity index (χ0v) is 11.2. The fourth-order valence-electron chi connectivity index (χ4n) is 1.16. The third kappa shape index (κ3) is 4.15. The van der Waals surface area contributed by atoms with E-state index >= 15 is 0 Å². The summed E-state index contributed by atoms with van der Waals surface area (Å²) in [5.41, 5.74) is -0.217. The zero-order chi connectivity index (χ0) is 13.8. The molecule has 8 heteroatoms. The molecule has 100 valence electrons. The van der Waals surface area contributed by atoms with Gasteiger partial charge in [0.1, 0.15) is 17.4 Å². The fraction of sp³-hybridized carbons (Fsp3) is 0.400. The summed E-state index contributed by atoms with van der Waals surface area (Å²) >= 11 is 5.68. The minimum atomic E-state index is -3.09. The average Bonchev–Trinajstić information content (AvgIpc) is 2.28.